The molecule has 2 atom stereocenters. The third kappa shape index (κ3) is 2.75. The summed E-state index contributed by atoms with van der Waals surface area (Å²) >= 11 is 1.56. The van der Waals surface area contributed by atoms with E-state index in [4.69, 9.17) is 5.73 Å². The fourth-order valence-corrected chi connectivity index (χ4v) is 3.53. The fraction of sp³-hybridized carbons (Fsp3) is 0.643. The molecule has 100 valence electrons. The van der Waals surface area contributed by atoms with Crippen LogP contribution >= 0.6 is 11.3 Å². The Kier molecular flexibility index (Phi) is 4.40. The van der Waals surface area contributed by atoms with Crippen LogP contribution in [-0.4, -0.2) is 29.9 Å². The van der Waals surface area contributed by atoms with Crippen LogP contribution in [-0.2, 0) is 6.42 Å². The number of thiophene rings is 1. The Balaban J connectivity index is 2.09. The van der Waals surface area contributed by atoms with Gasteiger partial charge in [-0.15, -0.1) is 11.3 Å². The highest BCUT2D eigenvalue weighted by Gasteiger charge is 2.27. The molecule has 0 unspecified atom stereocenters. The lowest BCUT2D eigenvalue weighted by Crippen LogP contribution is -2.45. The summed E-state index contributed by atoms with van der Waals surface area (Å²) in [6, 6.07) is 2.24. The summed E-state index contributed by atoms with van der Waals surface area (Å²) in [6.07, 6.45) is 3.15. The van der Waals surface area contributed by atoms with Crippen LogP contribution in [0.4, 0.5) is 0 Å². The lowest BCUT2D eigenvalue weighted by atomic mass is 9.92. The lowest BCUT2D eigenvalue weighted by molar-refractivity contribution is 0.0665. The minimum Gasteiger partial charge on any atom is -0.338 e. The fourth-order valence-electron chi connectivity index (χ4n) is 2.57. The Morgan fingerprint density at radius 1 is 1.67 bits per heavy atom. The molecule has 0 aromatic carbocycles. The number of carbonyl (C=O) groups excluding carboxylic acids is 1. The van der Waals surface area contributed by atoms with Crippen LogP contribution in [0.1, 0.15) is 41.9 Å². The normalized spacial score (nSPS) is 21.9. The summed E-state index contributed by atoms with van der Waals surface area (Å²) in [4.78, 5) is 15.4. The van der Waals surface area contributed by atoms with Crippen molar-refractivity contribution in [2.75, 3.05) is 13.1 Å². The maximum atomic E-state index is 12.5. The Labute approximate surface area is 113 Å². The summed E-state index contributed by atoms with van der Waals surface area (Å²) in [5.41, 5.74) is 7.14. The van der Waals surface area contributed by atoms with Gasteiger partial charge in [0.05, 0.1) is 4.88 Å². The summed E-state index contributed by atoms with van der Waals surface area (Å²) in [7, 11) is 0. The molecule has 0 spiro atoms. The van der Waals surface area contributed by atoms with Crippen molar-refractivity contribution in [3.05, 3.63) is 21.9 Å². The second-order valence-corrected chi connectivity index (χ2v) is 6.06. The standard InChI is InChI=1S/C14H22N2OS/c1-3-11-6-8-18-13(11)14(17)16-7-4-5-12(9-16)10(2)15/h6,8,10,12H,3-5,7,9,15H2,1-2H3/t10-,12+/m0/s1. The number of hydrogen-bond donors (Lipinski definition) is 1. The summed E-state index contributed by atoms with van der Waals surface area (Å²) in [5.74, 6) is 0.653. The van der Waals surface area contributed by atoms with Gasteiger partial charge in [-0.3, -0.25) is 4.79 Å². The molecule has 2 rings (SSSR count). The predicted molar refractivity (Wildman–Crippen MR) is 76.0 cm³/mol. The average Bonchev–Trinajstić information content (AvgIpc) is 2.86. The molecule has 0 aliphatic carbocycles. The van der Waals surface area contributed by atoms with Crippen LogP contribution in [0.3, 0.4) is 0 Å². The lowest BCUT2D eigenvalue weighted by Gasteiger charge is -2.34. The molecular formula is C14H22N2OS. The Morgan fingerprint density at radius 3 is 3.11 bits per heavy atom. The van der Waals surface area contributed by atoms with Gasteiger partial charge in [-0.2, -0.15) is 0 Å². The summed E-state index contributed by atoms with van der Waals surface area (Å²) < 4.78 is 0. The molecule has 1 amide bonds. The van der Waals surface area contributed by atoms with Gasteiger partial charge in [0.25, 0.3) is 5.91 Å². The number of likely N-dealkylation sites (tertiary alicyclic amines) is 1. The van der Waals surface area contributed by atoms with Crippen molar-refractivity contribution in [1.82, 2.24) is 4.90 Å². The van der Waals surface area contributed by atoms with Gasteiger partial charge in [0.15, 0.2) is 0 Å². The number of rotatable bonds is 3. The minimum atomic E-state index is 0.176. The molecule has 2 N–H and O–H groups in total. The van der Waals surface area contributed by atoms with E-state index in [1.54, 1.807) is 11.3 Å². The van der Waals surface area contributed by atoms with Gasteiger partial charge in [-0.1, -0.05) is 6.92 Å². The van der Waals surface area contributed by atoms with E-state index in [0.29, 0.717) is 5.92 Å². The van der Waals surface area contributed by atoms with Crippen molar-refractivity contribution in [2.24, 2.45) is 11.7 Å². The number of carbonyl (C=O) groups is 1. The van der Waals surface area contributed by atoms with Gasteiger partial charge in [0.1, 0.15) is 0 Å². The SMILES string of the molecule is CCc1ccsc1C(=O)N1CCC[C@@H]([C@H](C)N)C1. The molecule has 0 saturated carbocycles. The molecule has 18 heavy (non-hydrogen) atoms. The van der Waals surface area contributed by atoms with E-state index < -0.39 is 0 Å². The van der Waals surface area contributed by atoms with E-state index in [1.807, 2.05) is 17.2 Å². The Bertz CT molecular complexity index is 414. The second kappa shape index (κ2) is 5.85. The van der Waals surface area contributed by atoms with Crippen molar-refractivity contribution >= 4 is 17.2 Å². The van der Waals surface area contributed by atoms with Crippen molar-refractivity contribution in [2.45, 2.75) is 39.2 Å². The predicted octanol–water partition coefficient (Wildman–Crippen LogP) is 2.51. The molecule has 2 heterocycles. The first-order chi connectivity index (χ1) is 8.63. The van der Waals surface area contributed by atoms with E-state index in [1.165, 1.54) is 5.56 Å². The topological polar surface area (TPSA) is 46.3 Å². The molecule has 3 nitrogen and oxygen atoms in total. The number of piperidine rings is 1. The van der Waals surface area contributed by atoms with Gasteiger partial charge < -0.3 is 10.6 Å². The second-order valence-electron chi connectivity index (χ2n) is 5.14. The number of nitrogens with zero attached hydrogens (tertiary/aromatic N) is 1. The zero-order valence-corrected chi connectivity index (χ0v) is 12.0. The number of aryl methyl sites for hydroxylation is 1. The molecule has 1 aromatic heterocycles. The van der Waals surface area contributed by atoms with E-state index >= 15 is 0 Å². The van der Waals surface area contributed by atoms with Gasteiger partial charge >= 0.3 is 0 Å². The molecule has 1 saturated heterocycles. The number of hydrogen-bond acceptors (Lipinski definition) is 3. The van der Waals surface area contributed by atoms with Crippen molar-refractivity contribution in [1.29, 1.82) is 0 Å². The van der Waals surface area contributed by atoms with Crippen molar-refractivity contribution < 1.29 is 4.79 Å². The third-order valence-electron chi connectivity index (χ3n) is 3.81. The van der Waals surface area contributed by atoms with Crippen LogP contribution in [0, 0.1) is 5.92 Å². The van der Waals surface area contributed by atoms with E-state index in [0.717, 1.165) is 37.2 Å². The first kappa shape index (κ1) is 13.6. The monoisotopic (exact) mass is 266 g/mol. The molecule has 1 aliphatic heterocycles. The maximum Gasteiger partial charge on any atom is 0.264 e. The third-order valence-corrected chi connectivity index (χ3v) is 4.76. The smallest absolute Gasteiger partial charge is 0.264 e. The highest BCUT2D eigenvalue weighted by Crippen LogP contribution is 2.24. The van der Waals surface area contributed by atoms with Crippen molar-refractivity contribution in [3.63, 3.8) is 0 Å². The summed E-state index contributed by atoms with van der Waals surface area (Å²) in [6.45, 7) is 5.84. The highest BCUT2D eigenvalue weighted by molar-refractivity contribution is 7.12. The Hall–Kier alpha value is -0.870. The summed E-state index contributed by atoms with van der Waals surface area (Å²) in [5, 5.41) is 2.01. The quantitative estimate of drug-likeness (QED) is 0.913. The first-order valence-electron chi connectivity index (χ1n) is 6.74. The van der Waals surface area contributed by atoms with Crippen LogP contribution in [0.2, 0.25) is 0 Å². The van der Waals surface area contributed by atoms with Gasteiger partial charge in [0.2, 0.25) is 0 Å². The molecule has 1 aromatic rings. The molecule has 0 bridgehead atoms. The van der Waals surface area contributed by atoms with Gasteiger partial charge in [-0.05, 0) is 49.1 Å². The van der Waals surface area contributed by atoms with Crippen LogP contribution in [0.25, 0.3) is 0 Å². The van der Waals surface area contributed by atoms with Gasteiger partial charge in [0, 0.05) is 19.1 Å². The van der Waals surface area contributed by atoms with Crippen LogP contribution in [0.5, 0.6) is 0 Å². The molecule has 1 aliphatic rings. The zero-order chi connectivity index (χ0) is 13.1. The van der Waals surface area contributed by atoms with Crippen LogP contribution in [0.15, 0.2) is 11.4 Å². The number of nitrogens with two attached hydrogens (primary N) is 1. The van der Waals surface area contributed by atoms with E-state index in [-0.39, 0.29) is 11.9 Å². The molecule has 0 radical (unpaired) electrons. The number of amides is 1. The average molecular weight is 266 g/mol. The van der Waals surface area contributed by atoms with Gasteiger partial charge in [-0.25, -0.2) is 0 Å². The first-order valence-corrected chi connectivity index (χ1v) is 7.62. The molecule has 4 heteroatoms. The van der Waals surface area contributed by atoms with E-state index in [9.17, 15) is 4.79 Å². The highest BCUT2D eigenvalue weighted by atomic mass is 32.1. The Morgan fingerprint density at radius 2 is 2.44 bits per heavy atom. The largest absolute Gasteiger partial charge is 0.338 e. The zero-order valence-electron chi connectivity index (χ0n) is 11.2. The maximum absolute atomic E-state index is 12.5. The van der Waals surface area contributed by atoms with E-state index in [2.05, 4.69) is 13.0 Å². The van der Waals surface area contributed by atoms with Crippen molar-refractivity contribution in [3.8, 4) is 0 Å². The molecular weight excluding hydrogens is 244 g/mol. The van der Waals surface area contributed by atoms with Crippen LogP contribution < -0.4 is 5.73 Å². The minimum absolute atomic E-state index is 0.176. The molecule has 1 fully saturated rings.